The van der Waals surface area contributed by atoms with Gasteiger partial charge in [-0.2, -0.15) is 4.98 Å². The van der Waals surface area contributed by atoms with Crippen molar-refractivity contribution in [2.24, 2.45) is 0 Å². The molecule has 0 aliphatic carbocycles. The van der Waals surface area contributed by atoms with E-state index in [1.165, 1.54) is 12.1 Å². The van der Waals surface area contributed by atoms with Crippen LogP contribution >= 0.6 is 0 Å². The van der Waals surface area contributed by atoms with Crippen molar-refractivity contribution in [3.8, 4) is 0 Å². The molecular formula is C15H18FN5O2. The number of nitrogens with zero attached hydrogens (tertiary/aromatic N) is 5. The Morgan fingerprint density at radius 3 is 2.70 bits per heavy atom. The second-order valence-corrected chi connectivity index (χ2v) is 5.39. The average molecular weight is 319 g/mol. The van der Waals surface area contributed by atoms with Gasteiger partial charge in [0.15, 0.2) is 5.82 Å². The van der Waals surface area contributed by atoms with Crippen LogP contribution in [0.15, 0.2) is 22.9 Å². The van der Waals surface area contributed by atoms with E-state index in [0.29, 0.717) is 31.3 Å². The van der Waals surface area contributed by atoms with Crippen molar-refractivity contribution in [3.63, 3.8) is 0 Å². The van der Waals surface area contributed by atoms with Crippen LogP contribution in [0.2, 0.25) is 0 Å². The summed E-state index contributed by atoms with van der Waals surface area (Å²) in [5, 5.41) is 3.94. The molecule has 0 N–H and O–H groups in total. The minimum Gasteiger partial charge on any atom is -0.339 e. The van der Waals surface area contributed by atoms with Gasteiger partial charge in [0.25, 0.3) is 5.91 Å². The Kier molecular flexibility index (Phi) is 4.61. The number of hydrogen-bond acceptors (Lipinski definition) is 6. The van der Waals surface area contributed by atoms with E-state index in [0.717, 1.165) is 25.7 Å². The van der Waals surface area contributed by atoms with Gasteiger partial charge in [-0.15, -0.1) is 0 Å². The molecule has 1 fully saturated rings. The fourth-order valence-corrected chi connectivity index (χ4v) is 2.47. The quantitative estimate of drug-likeness (QED) is 0.841. The second-order valence-electron chi connectivity index (χ2n) is 5.39. The first-order valence-corrected chi connectivity index (χ1v) is 7.60. The maximum Gasteiger partial charge on any atom is 0.272 e. The number of amides is 1. The summed E-state index contributed by atoms with van der Waals surface area (Å²) in [5.74, 6) is 0.688. The van der Waals surface area contributed by atoms with Gasteiger partial charge in [0.2, 0.25) is 5.89 Å². The molecule has 8 heteroatoms. The maximum absolute atomic E-state index is 12.9. The van der Waals surface area contributed by atoms with Crippen molar-refractivity contribution in [1.29, 1.82) is 0 Å². The van der Waals surface area contributed by atoms with E-state index in [1.54, 1.807) is 4.90 Å². The standard InChI is InChI=1S/C15H18FN5O2/c1-2-14-18-13(19-23-14)10-20-5-7-21(8-6-20)15(22)12-4-3-11(16)9-17-12/h3-4,9H,2,5-8,10H2,1H3. The molecule has 7 nitrogen and oxygen atoms in total. The molecule has 1 aliphatic heterocycles. The van der Waals surface area contributed by atoms with Crippen molar-refractivity contribution >= 4 is 5.91 Å². The van der Waals surface area contributed by atoms with E-state index in [-0.39, 0.29) is 11.6 Å². The van der Waals surface area contributed by atoms with Crippen LogP contribution in [-0.2, 0) is 13.0 Å². The van der Waals surface area contributed by atoms with E-state index in [9.17, 15) is 9.18 Å². The highest BCUT2D eigenvalue weighted by atomic mass is 19.1. The minimum absolute atomic E-state index is 0.169. The molecule has 0 spiro atoms. The molecule has 0 atom stereocenters. The van der Waals surface area contributed by atoms with Crippen LogP contribution in [0, 0.1) is 5.82 Å². The summed E-state index contributed by atoms with van der Waals surface area (Å²) in [5.41, 5.74) is 0.269. The van der Waals surface area contributed by atoms with Crippen LogP contribution < -0.4 is 0 Å². The molecule has 2 aromatic heterocycles. The lowest BCUT2D eigenvalue weighted by Gasteiger charge is -2.33. The smallest absolute Gasteiger partial charge is 0.272 e. The first-order chi connectivity index (χ1) is 11.2. The predicted octanol–water partition coefficient (Wildman–Crippen LogP) is 1.12. The van der Waals surface area contributed by atoms with Crippen LogP contribution in [0.3, 0.4) is 0 Å². The van der Waals surface area contributed by atoms with E-state index >= 15 is 0 Å². The third-order valence-corrected chi connectivity index (χ3v) is 3.78. The Balaban J connectivity index is 1.53. The highest BCUT2D eigenvalue weighted by Gasteiger charge is 2.23. The number of piperazine rings is 1. The summed E-state index contributed by atoms with van der Waals surface area (Å²) in [6.07, 6.45) is 1.78. The lowest BCUT2D eigenvalue weighted by Crippen LogP contribution is -2.48. The van der Waals surface area contributed by atoms with E-state index < -0.39 is 5.82 Å². The van der Waals surface area contributed by atoms with Crippen molar-refractivity contribution < 1.29 is 13.7 Å². The molecule has 1 saturated heterocycles. The van der Waals surface area contributed by atoms with Crippen LogP contribution in [0.5, 0.6) is 0 Å². The maximum atomic E-state index is 12.9. The van der Waals surface area contributed by atoms with Crippen LogP contribution in [-0.4, -0.2) is 57.0 Å². The zero-order valence-electron chi connectivity index (χ0n) is 12.9. The van der Waals surface area contributed by atoms with Crippen molar-refractivity contribution in [2.75, 3.05) is 26.2 Å². The van der Waals surface area contributed by atoms with E-state index in [2.05, 4.69) is 20.0 Å². The molecule has 23 heavy (non-hydrogen) atoms. The molecule has 122 valence electrons. The molecule has 0 bridgehead atoms. The summed E-state index contributed by atoms with van der Waals surface area (Å²) in [6.45, 7) is 5.21. The molecule has 0 unspecified atom stereocenters. The number of rotatable bonds is 4. The molecule has 0 radical (unpaired) electrons. The van der Waals surface area contributed by atoms with Crippen molar-refractivity contribution in [1.82, 2.24) is 24.9 Å². The Morgan fingerprint density at radius 2 is 2.09 bits per heavy atom. The second kappa shape index (κ2) is 6.82. The Hall–Kier alpha value is -2.35. The fraction of sp³-hybridized carbons (Fsp3) is 0.467. The predicted molar refractivity (Wildman–Crippen MR) is 79.1 cm³/mol. The monoisotopic (exact) mass is 319 g/mol. The van der Waals surface area contributed by atoms with Gasteiger partial charge in [-0.25, -0.2) is 9.37 Å². The minimum atomic E-state index is -0.446. The summed E-state index contributed by atoms with van der Waals surface area (Å²) in [7, 11) is 0. The number of aromatic nitrogens is 3. The largest absolute Gasteiger partial charge is 0.339 e. The van der Waals surface area contributed by atoms with Crippen molar-refractivity contribution in [3.05, 3.63) is 41.6 Å². The number of pyridine rings is 1. The molecule has 2 aromatic rings. The molecule has 0 aromatic carbocycles. The average Bonchev–Trinajstić information content (AvgIpc) is 3.03. The normalized spacial score (nSPS) is 15.8. The number of halogens is 1. The summed E-state index contributed by atoms with van der Waals surface area (Å²) < 4.78 is 18.0. The molecule has 3 rings (SSSR count). The van der Waals surface area contributed by atoms with Gasteiger partial charge in [0, 0.05) is 32.6 Å². The zero-order valence-corrected chi connectivity index (χ0v) is 12.9. The van der Waals surface area contributed by atoms with Crippen LogP contribution in [0.4, 0.5) is 4.39 Å². The number of hydrogen-bond donors (Lipinski definition) is 0. The van der Waals surface area contributed by atoms with Gasteiger partial charge < -0.3 is 9.42 Å². The van der Waals surface area contributed by atoms with Crippen LogP contribution in [0.1, 0.15) is 29.1 Å². The first kappa shape index (κ1) is 15.5. The highest BCUT2D eigenvalue weighted by Crippen LogP contribution is 2.10. The highest BCUT2D eigenvalue weighted by molar-refractivity contribution is 5.92. The van der Waals surface area contributed by atoms with Gasteiger partial charge in [0.1, 0.15) is 11.5 Å². The number of aryl methyl sites for hydroxylation is 1. The Morgan fingerprint density at radius 1 is 1.30 bits per heavy atom. The topological polar surface area (TPSA) is 75.4 Å². The van der Waals surface area contributed by atoms with Gasteiger partial charge in [0.05, 0.1) is 12.7 Å². The molecule has 1 amide bonds. The third kappa shape index (κ3) is 3.70. The van der Waals surface area contributed by atoms with Gasteiger partial charge in [-0.1, -0.05) is 12.1 Å². The lowest BCUT2D eigenvalue weighted by molar-refractivity contribution is 0.0618. The van der Waals surface area contributed by atoms with Gasteiger partial charge in [-0.05, 0) is 12.1 Å². The fourth-order valence-electron chi connectivity index (χ4n) is 2.47. The van der Waals surface area contributed by atoms with Crippen LogP contribution in [0.25, 0.3) is 0 Å². The first-order valence-electron chi connectivity index (χ1n) is 7.60. The lowest BCUT2D eigenvalue weighted by atomic mass is 10.2. The summed E-state index contributed by atoms with van der Waals surface area (Å²) in [4.78, 5) is 24.3. The van der Waals surface area contributed by atoms with Crippen molar-refractivity contribution in [2.45, 2.75) is 19.9 Å². The number of carbonyl (C=O) groups excluding carboxylic acids is 1. The summed E-state index contributed by atoms with van der Waals surface area (Å²) in [6, 6.07) is 2.66. The SMILES string of the molecule is CCc1nc(CN2CCN(C(=O)c3ccc(F)cn3)CC2)no1. The molecule has 1 aliphatic rings. The number of carbonyl (C=O) groups is 1. The van der Waals surface area contributed by atoms with E-state index in [4.69, 9.17) is 4.52 Å². The molecule has 0 saturated carbocycles. The Labute approximate surface area is 133 Å². The summed E-state index contributed by atoms with van der Waals surface area (Å²) >= 11 is 0. The van der Waals surface area contributed by atoms with E-state index in [1.807, 2.05) is 6.92 Å². The zero-order chi connectivity index (χ0) is 16.2. The van der Waals surface area contributed by atoms with Gasteiger partial charge in [-0.3, -0.25) is 9.69 Å². The molecular weight excluding hydrogens is 301 g/mol. The molecule has 3 heterocycles. The third-order valence-electron chi connectivity index (χ3n) is 3.78. The van der Waals surface area contributed by atoms with Gasteiger partial charge >= 0.3 is 0 Å². The Bertz CT molecular complexity index is 665.